The SMILES string of the molecule is C/C(=C\C(C#N)=C/N)C1C=CC=C(c2ccc3c4c5ccccc5ccc4n(-c4ccccc4)c3c2)N1. The molecule has 3 N–H and O–H groups in total. The van der Waals surface area contributed by atoms with Crippen molar-refractivity contribution in [3.8, 4) is 11.8 Å². The van der Waals surface area contributed by atoms with Crippen LogP contribution in [0.1, 0.15) is 12.5 Å². The maximum Gasteiger partial charge on any atom is 0.101 e. The smallest absolute Gasteiger partial charge is 0.101 e. The highest BCUT2D eigenvalue weighted by atomic mass is 15.0. The number of nitrogens with two attached hydrogens (primary N) is 1. The largest absolute Gasteiger partial charge is 0.404 e. The van der Waals surface area contributed by atoms with Crippen LogP contribution < -0.4 is 11.1 Å². The number of hydrogen-bond donors (Lipinski definition) is 2. The lowest BCUT2D eigenvalue weighted by Crippen LogP contribution is -2.28. The third kappa shape index (κ3) is 3.87. The van der Waals surface area contributed by atoms with Gasteiger partial charge in [0, 0.05) is 28.4 Å². The van der Waals surface area contributed by atoms with Crippen molar-refractivity contribution in [1.82, 2.24) is 9.88 Å². The fourth-order valence-electron chi connectivity index (χ4n) is 5.23. The summed E-state index contributed by atoms with van der Waals surface area (Å²) >= 11 is 0. The van der Waals surface area contributed by atoms with Gasteiger partial charge in [0.15, 0.2) is 0 Å². The molecule has 2 heterocycles. The third-order valence-corrected chi connectivity index (χ3v) is 7.04. The van der Waals surface area contributed by atoms with Crippen LogP contribution in [0.4, 0.5) is 0 Å². The van der Waals surface area contributed by atoms with Crippen molar-refractivity contribution in [2.24, 2.45) is 5.73 Å². The fourth-order valence-corrected chi connectivity index (χ4v) is 5.23. The van der Waals surface area contributed by atoms with Gasteiger partial charge in [0.25, 0.3) is 0 Å². The van der Waals surface area contributed by atoms with Crippen molar-refractivity contribution in [1.29, 1.82) is 5.26 Å². The van der Waals surface area contributed by atoms with Crippen LogP contribution in [-0.4, -0.2) is 10.6 Å². The van der Waals surface area contributed by atoms with E-state index in [1.807, 2.05) is 13.0 Å². The summed E-state index contributed by atoms with van der Waals surface area (Å²) in [5, 5.41) is 17.9. The molecule has 0 fully saturated rings. The number of hydrogen-bond acceptors (Lipinski definition) is 3. The molecule has 1 atom stereocenters. The molecular weight excluding hydrogens is 452 g/mol. The predicted molar refractivity (Wildman–Crippen MR) is 154 cm³/mol. The van der Waals surface area contributed by atoms with E-state index < -0.39 is 0 Å². The molecule has 1 unspecified atom stereocenters. The summed E-state index contributed by atoms with van der Waals surface area (Å²) in [7, 11) is 0. The number of nitrogens with one attached hydrogen (secondary N) is 1. The highest BCUT2D eigenvalue weighted by molar-refractivity contribution is 6.21. The van der Waals surface area contributed by atoms with Gasteiger partial charge in [-0.2, -0.15) is 5.26 Å². The summed E-state index contributed by atoms with van der Waals surface area (Å²) in [4.78, 5) is 0. The Morgan fingerprint density at radius 2 is 1.76 bits per heavy atom. The van der Waals surface area contributed by atoms with E-state index in [2.05, 4.69) is 119 Å². The number of para-hydroxylation sites is 1. The Bertz CT molecular complexity index is 1830. The molecule has 178 valence electrons. The summed E-state index contributed by atoms with van der Waals surface area (Å²) in [5.41, 5.74) is 12.7. The number of nitriles is 1. The quantitative estimate of drug-likeness (QED) is 0.213. The second kappa shape index (κ2) is 9.22. The molecule has 5 aromatic rings. The number of dihydropyridines is 1. The summed E-state index contributed by atoms with van der Waals surface area (Å²) < 4.78 is 2.35. The molecule has 0 amide bonds. The van der Waals surface area contributed by atoms with Crippen LogP contribution in [0.2, 0.25) is 0 Å². The van der Waals surface area contributed by atoms with Crippen molar-refractivity contribution in [2.75, 3.05) is 0 Å². The van der Waals surface area contributed by atoms with E-state index in [-0.39, 0.29) is 6.04 Å². The summed E-state index contributed by atoms with van der Waals surface area (Å²) in [6, 6.07) is 32.3. The molecule has 4 heteroatoms. The van der Waals surface area contributed by atoms with Gasteiger partial charge in [-0.1, -0.05) is 72.8 Å². The van der Waals surface area contributed by atoms with Crippen LogP contribution in [-0.2, 0) is 0 Å². The van der Waals surface area contributed by atoms with E-state index in [4.69, 9.17) is 5.73 Å². The highest BCUT2D eigenvalue weighted by Crippen LogP contribution is 2.38. The summed E-state index contributed by atoms with van der Waals surface area (Å²) in [5.74, 6) is 0. The van der Waals surface area contributed by atoms with Crippen LogP contribution in [0, 0.1) is 11.3 Å². The van der Waals surface area contributed by atoms with Crippen molar-refractivity contribution >= 4 is 38.3 Å². The Morgan fingerprint density at radius 3 is 2.57 bits per heavy atom. The number of allylic oxidation sites excluding steroid dienone is 4. The van der Waals surface area contributed by atoms with Crippen LogP contribution >= 0.6 is 0 Å². The fraction of sp³-hybridized carbons (Fsp3) is 0.0606. The molecule has 0 saturated carbocycles. The summed E-state index contributed by atoms with van der Waals surface area (Å²) in [6.07, 6.45) is 9.42. The molecule has 0 saturated heterocycles. The zero-order valence-electron chi connectivity index (χ0n) is 20.5. The molecular formula is C33H26N4. The van der Waals surface area contributed by atoms with Gasteiger partial charge < -0.3 is 15.6 Å². The first-order valence-electron chi connectivity index (χ1n) is 12.3. The number of nitrogens with zero attached hydrogens (tertiary/aromatic N) is 2. The lowest BCUT2D eigenvalue weighted by atomic mass is 9.99. The van der Waals surface area contributed by atoms with E-state index in [0.29, 0.717) is 5.57 Å². The number of fused-ring (bicyclic) bond motifs is 5. The maximum absolute atomic E-state index is 9.25. The molecule has 0 spiro atoms. The normalized spacial score (nSPS) is 16.1. The number of benzene rings is 4. The molecule has 37 heavy (non-hydrogen) atoms. The van der Waals surface area contributed by atoms with Crippen LogP contribution in [0.3, 0.4) is 0 Å². The highest BCUT2D eigenvalue weighted by Gasteiger charge is 2.18. The number of aromatic nitrogens is 1. The van der Waals surface area contributed by atoms with Gasteiger partial charge in [-0.3, -0.25) is 0 Å². The van der Waals surface area contributed by atoms with Gasteiger partial charge in [-0.25, -0.2) is 0 Å². The van der Waals surface area contributed by atoms with E-state index >= 15 is 0 Å². The minimum Gasteiger partial charge on any atom is -0.404 e. The van der Waals surface area contributed by atoms with Crippen LogP contribution in [0.15, 0.2) is 127 Å². The zero-order valence-corrected chi connectivity index (χ0v) is 20.5. The molecule has 0 radical (unpaired) electrons. The average molecular weight is 479 g/mol. The Labute approximate surface area is 215 Å². The van der Waals surface area contributed by atoms with Gasteiger partial charge in [0.05, 0.1) is 22.6 Å². The van der Waals surface area contributed by atoms with Gasteiger partial charge in [-0.05, 0) is 65.3 Å². The topological polar surface area (TPSA) is 66.8 Å². The second-order valence-electron chi connectivity index (χ2n) is 9.29. The standard InChI is InChI=1S/C33H26N4/c1-22(18-23(20-34)21-35)29-12-7-13-30(36-29)25-14-16-28-32(19-25)37(26-9-3-2-4-10-26)31-17-15-24-8-5-6-11-27(24)33(28)31/h2-20,29,36H,34H2,1H3/b22-18+,23-20+. The molecule has 1 aliphatic heterocycles. The molecule has 0 aliphatic carbocycles. The Morgan fingerprint density at radius 1 is 0.946 bits per heavy atom. The Hall–Kier alpha value is -5.01. The minimum absolute atomic E-state index is 0.0251. The van der Waals surface area contributed by atoms with Gasteiger partial charge >= 0.3 is 0 Å². The first kappa shape index (κ1) is 22.5. The van der Waals surface area contributed by atoms with E-state index in [1.54, 1.807) is 0 Å². The Balaban J connectivity index is 1.52. The Kier molecular flexibility index (Phi) is 5.59. The van der Waals surface area contributed by atoms with Crippen molar-refractivity contribution in [3.05, 3.63) is 132 Å². The lowest BCUT2D eigenvalue weighted by molar-refractivity contribution is 0.801. The van der Waals surface area contributed by atoms with Crippen LogP contribution in [0.5, 0.6) is 0 Å². The minimum atomic E-state index is -0.0251. The van der Waals surface area contributed by atoms with Gasteiger partial charge in [0.1, 0.15) is 6.07 Å². The predicted octanol–water partition coefficient (Wildman–Crippen LogP) is 7.12. The molecule has 1 aromatic heterocycles. The molecule has 4 aromatic carbocycles. The van der Waals surface area contributed by atoms with Gasteiger partial charge in [0.2, 0.25) is 0 Å². The van der Waals surface area contributed by atoms with E-state index in [1.165, 1.54) is 33.3 Å². The van der Waals surface area contributed by atoms with Gasteiger partial charge in [-0.15, -0.1) is 0 Å². The lowest BCUT2D eigenvalue weighted by Gasteiger charge is -2.23. The number of rotatable bonds is 4. The first-order chi connectivity index (χ1) is 18.2. The second-order valence-corrected chi connectivity index (χ2v) is 9.29. The third-order valence-electron chi connectivity index (χ3n) is 7.04. The van der Waals surface area contributed by atoms with E-state index in [9.17, 15) is 5.26 Å². The molecule has 0 bridgehead atoms. The molecule has 6 rings (SSSR count). The zero-order chi connectivity index (χ0) is 25.4. The maximum atomic E-state index is 9.25. The van der Waals surface area contributed by atoms with Crippen molar-refractivity contribution in [2.45, 2.75) is 13.0 Å². The molecule has 1 aliphatic rings. The van der Waals surface area contributed by atoms with Crippen molar-refractivity contribution < 1.29 is 0 Å². The van der Waals surface area contributed by atoms with E-state index in [0.717, 1.165) is 28.0 Å². The average Bonchev–Trinajstić information content (AvgIpc) is 3.30. The van der Waals surface area contributed by atoms with Crippen molar-refractivity contribution in [3.63, 3.8) is 0 Å². The molecule has 4 nitrogen and oxygen atoms in total. The van der Waals surface area contributed by atoms with Crippen LogP contribution in [0.25, 0.3) is 44.0 Å². The monoisotopic (exact) mass is 478 g/mol. The first-order valence-corrected chi connectivity index (χ1v) is 12.3. The summed E-state index contributed by atoms with van der Waals surface area (Å²) in [6.45, 7) is 2.01.